The molecule has 1 aliphatic rings. The van der Waals surface area contributed by atoms with Crippen LogP contribution >= 0.6 is 22.7 Å². The molecular weight excluding hydrogens is 1740 g/mol. The highest BCUT2D eigenvalue weighted by molar-refractivity contribution is 7.91. The number of para-hydroxylation sites is 2. The first-order valence-electron chi connectivity index (χ1n) is 39.6. The Morgan fingerprint density at radius 2 is 0.734 bits per heavy atom. The summed E-state index contributed by atoms with van der Waals surface area (Å²) < 4.78 is 165. The molecule has 12 heterocycles. The SMILES string of the molecule is C[N+]1=CC=C(c2cn(S(=O)(=O)c3ccccc3)c3ncc(-c4ccccc4F)cc23)C1.Cn1ccc(-c2cn(S(=O)(=O)c3ccccc3)c3ncc(-c4ccccc4Oc4ccccc4)cc23)c1.O=S(=O)(c1ccccc1)n1cc(-c2cncs2)c2cc(-c3ccccc3F)cnc21.O=S(=O)(c1ccccc1)n1cc(-c2nccs2)c2cc(-c3ccccc3F)cnc21. The van der Waals surface area contributed by atoms with Crippen molar-refractivity contribution in [2.45, 2.75) is 19.6 Å². The minimum absolute atomic E-state index is 0.160. The van der Waals surface area contributed by atoms with Crippen LogP contribution in [-0.4, -0.2) is 108 Å². The second kappa shape index (κ2) is 35.2. The van der Waals surface area contributed by atoms with Crippen LogP contribution < -0.4 is 4.74 Å². The van der Waals surface area contributed by atoms with Gasteiger partial charge in [-0.05, 0) is 115 Å². The molecule has 0 bridgehead atoms. The lowest BCUT2D eigenvalue weighted by Gasteiger charge is -2.12. The number of benzene rings is 9. The first-order chi connectivity index (χ1) is 62.1. The molecule has 20 aromatic rings. The van der Waals surface area contributed by atoms with Crippen molar-refractivity contribution in [3.8, 4) is 88.1 Å². The number of rotatable bonds is 18. The third-order valence-corrected chi connectivity index (χ3v) is 29.4. The zero-order valence-electron chi connectivity index (χ0n) is 67.6. The average molecular weight is 1810 g/mol. The summed E-state index contributed by atoms with van der Waals surface area (Å²) in [6.07, 6.45) is 23.7. The van der Waals surface area contributed by atoms with Crippen molar-refractivity contribution in [3.05, 3.63) is 393 Å². The summed E-state index contributed by atoms with van der Waals surface area (Å²) in [4.78, 5) is 27.9. The zero-order chi connectivity index (χ0) is 88.4. The number of fused-ring (bicyclic) bond motifs is 4. The molecule has 9 aromatic carbocycles. The molecule has 1 aliphatic heterocycles. The Balaban J connectivity index is 0.000000116. The van der Waals surface area contributed by atoms with Crippen molar-refractivity contribution < 1.29 is 56.2 Å². The van der Waals surface area contributed by atoms with Gasteiger partial charge in [-0.3, -0.25) is 4.98 Å². The third kappa shape index (κ3) is 16.6. The van der Waals surface area contributed by atoms with E-state index >= 15 is 0 Å². The molecule has 0 fully saturated rings. The van der Waals surface area contributed by atoms with Gasteiger partial charge in [-0.25, -0.2) is 92.2 Å². The van der Waals surface area contributed by atoms with Crippen molar-refractivity contribution >= 4 is 119 Å². The van der Waals surface area contributed by atoms with Crippen molar-refractivity contribution in [2.24, 2.45) is 7.05 Å². The smallest absolute Gasteiger partial charge is 0.269 e. The molecule has 128 heavy (non-hydrogen) atoms. The summed E-state index contributed by atoms with van der Waals surface area (Å²) in [5, 5.41) is 5.07. The molecule has 632 valence electrons. The molecule has 21 rings (SSSR count). The summed E-state index contributed by atoms with van der Waals surface area (Å²) >= 11 is 2.79. The van der Waals surface area contributed by atoms with Gasteiger partial charge in [0.15, 0.2) is 35.3 Å². The Morgan fingerprint density at radius 1 is 0.367 bits per heavy atom. The highest BCUT2D eigenvalue weighted by atomic mass is 32.2. The molecule has 0 saturated heterocycles. The van der Waals surface area contributed by atoms with E-state index in [0.717, 1.165) is 49.4 Å². The van der Waals surface area contributed by atoms with Gasteiger partial charge in [-0.15, -0.1) is 22.7 Å². The van der Waals surface area contributed by atoms with E-state index in [1.54, 1.807) is 219 Å². The fourth-order valence-corrected chi connectivity index (χ4v) is 21.6. The first kappa shape index (κ1) is 84.0. The summed E-state index contributed by atoms with van der Waals surface area (Å²) in [6, 6.07) is 79.0. The van der Waals surface area contributed by atoms with Crippen molar-refractivity contribution in [1.82, 2.24) is 50.4 Å². The highest BCUT2D eigenvalue weighted by Gasteiger charge is 2.31. The Kier molecular flexibility index (Phi) is 23.1. The van der Waals surface area contributed by atoms with E-state index in [0.29, 0.717) is 89.3 Å². The number of aryl methyl sites for hydroxylation is 1. The Bertz CT molecular complexity index is 7910. The van der Waals surface area contributed by atoms with E-state index in [1.807, 2.05) is 126 Å². The van der Waals surface area contributed by atoms with Crippen LogP contribution in [-0.2, 0) is 47.1 Å². The minimum atomic E-state index is -3.86. The standard InChI is InChI=1S/C30H23N3O3S.C24H19FN3O2S.2C22H14FN3O2S2/c1-32-17-16-22(20-32)28-21-33(37(34,35)25-12-6-3-7-13-25)30-27(28)18-23(19-31-30)26-14-8-9-15-29(26)36-24-10-4-2-5-11-24;1-27-12-11-17(15-27)22-16-28(31(29,30)19-7-3-2-4-8-19)24-21(22)13-18(14-26-24)20-9-5-6-10-23(20)25;23-20-9-5-4-8-17(20)15-10-18-19(21-12-24-14-29-21)13-26(22(18)25-11-15)30(27,28)16-6-2-1-3-7-16;23-20-9-5-4-8-17(20)15-12-18-19(22-24-10-11-29-22)14-26(21(18)25-13-15)30(27,28)16-6-2-1-3-7-16/h2-21H,1H3;2-14,16H,15H2,1H3;2*1-14H/q;+1;;. The minimum Gasteiger partial charge on any atom is -0.457 e. The predicted octanol–water partition coefficient (Wildman–Crippen LogP) is 21.3. The molecule has 0 unspecified atom stereocenters. The Hall–Kier alpha value is -14.9. The van der Waals surface area contributed by atoms with Gasteiger partial charge in [0.25, 0.3) is 40.1 Å². The first-order valence-corrected chi connectivity index (χ1v) is 47.1. The largest absolute Gasteiger partial charge is 0.457 e. The van der Waals surface area contributed by atoms with Gasteiger partial charge >= 0.3 is 0 Å². The van der Waals surface area contributed by atoms with Gasteiger partial charge < -0.3 is 9.30 Å². The van der Waals surface area contributed by atoms with Crippen molar-refractivity contribution in [1.29, 1.82) is 0 Å². The Morgan fingerprint density at radius 3 is 1.12 bits per heavy atom. The number of nitrogens with zero attached hydrogens (tertiary/aromatic N) is 12. The van der Waals surface area contributed by atoms with E-state index in [4.69, 9.17) is 4.74 Å². The lowest BCUT2D eigenvalue weighted by Crippen LogP contribution is -2.12. The number of halogens is 3. The number of pyridine rings is 4. The predicted molar refractivity (Wildman–Crippen MR) is 495 cm³/mol. The molecule has 0 N–H and O–H groups in total. The van der Waals surface area contributed by atoms with Crippen LogP contribution in [0.2, 0.25) is 0 Å². The summed E-state index contributed by atoms with van der Waals surface area (Å²) in [5.41, 5.74) is 12.3. The van der Waals surface area contributed by atoms with Crippen molar-refractivity contribution in [3.63, 3.8) is 0 Å². The van der Waals surface area contributed by atoms with E-state index in [9.17, 15) is 46.8 Å². The molecule has 30 heteroatoms. The molecule has 0 radical (unpaired) electrons. The van der Waals surface area contributed by atoms with Gasteiger partial charge in [-0.2, -0.15) is 0 Å². The van der Waals surface area contributed by atoms with E-state index in [-0.39, 0.29) is 48.3 Å². The molecule has 0 atom stereocenters. The maximum Gasteiger partial charge on any atom is 0.269 e. The molecule has 21 nitrogen and oxygen atoms in total. The molecular formula is C98H70F3N12O9S6+. The summed E-state index contributed by atoms with van der Waals surface area (Å²) in [5.74, 6) is 0.330. The van der Waals surface area contributed by atoms with Crippen LogP contribution in [0.4, 0.5) is 13.2 Å². The third-order valence-electron chi connectivity index (χ3n) is 21.2. The molecule has 0 spiro atoms. The fraction of sp³-hybridized carbons (Fsp3) is 0.0306. The summed E-state index contributed by atoms with van der Waals surface area (Å²) in [7, 11) is -11.5. The maximum absolute atomic E-state index is 14.4. The van der Waals surface area contributed by atoms with E-state index in [2.05, 4.69) is 29.9 Å². The molecule has 11 aromatic heterocycles. The number of hydrogen-bond acceptors (Lipinski definition) is 17. The van der Waals surface area contributed by atoms with Gasteiger partial charge in [0.2, 0.25) is 0 Å². The lowest BCUT2D eigenvalue weighted by atomic mass is 10.0. The number of hydrogen-bond donors (Lipinski definition) is 0. The van der Waals surface area contributed by atoms with Gasteiger partial charge in [0.05, 0.1) is 30.0 Å². The topological polar surface area (TPSA) is 251 Å². The van der Waals surface area contributed by atoms with E-state index < -0.39 is 40.1 Å². The molecule has 0 amide bonds. The average Bonchev–Trinajstić information content (AvgIpc) is 1.60. The maximum atomic E-state index is 14.4. The zero-order valence-corrected chi connectivity index (χ0v) is 72.5. The monoisotopic (exact) mass is 1810 g/mol. The van der Waals surface area contributed by atoms with Gasteiger partial charge in [0, 0.05) is 192 Å². The highest BCUT2D eigenvalue weighted by Crippen LogP contribution is 2.43. The van der Waals surface area contributed by atoms with Crippen LogP contribution in [0.25, 0.3) is 126 Å². The second-order valence-electron chi connectivity index (χ2n) is 29.4. The van der Waals surface area contributed by atoms with Crippen LogP contribution in [0.1, 0.15) is 5.56 Å². The number of ether oxygens (including phenoxy) is 1. The number of allylic oxidation sites excluding steroid dienone is 1. The normalized spacial score (nSPS) is 12.3. The fourth-order valence-electron chi connectivity index (χ4n) is 14.9. The lowest BCUT2D eigenvalue weighted by molar-refractivity contribution is -0.475. The van der Waals surface area contributed by atoms with Crippen LogP contribution in [0.5, 0.6) is 11.5 Å². The quantitative estimate of drug-likeness (QED) is 0.0724. The molecule has 0 saturated carbocycles. The second-order valence-corrected chi connectivity index (χ2v) is 38.4. The number of likely N-dealkylation sites (N-methyl/N-ethyl adjacent to an activating group) is 1. The van der Waals surface area contributed by atoms with Crippen molar-refractivity contribution in [2.75, 3.05) is 13.6 Å². The summed E-state index contributed by atoms with van der Waals surface area (Å²) in [6.45, 7) is 0.647. The van der Waals surface area contributed by atoms with Crippen LogP contribution in [0.3, 0.4) is 0 Å². The number of aromatic nitrogens is 11. The van der Waals surface area contributed by atoms with Crippen LogP contribution in [0, 0.1) is 17.5 Å². The van der Waals surface area contributed by atoms with Gasteiger partial charge in [0.1, 0.15) is 41.0 Å². The molecule has 0 aliphatic carbocycles. The Labute approximate surface area is 741 Å². The van der Waals surface area contributed by atoms with Crippen LogP contribution in [0.15, 0.2) is 390 Å². The van der Waals surface area contributed by atoms with Gasteiger partial charge in [-0.1, -0.05) is 164 Å². The van der Waals surface area contributed by atoms with E-state index in [1.165, 1.54) is 93.7 Å². The number of thiazole rings is 2.